The molecule has 34 heavy (non-hydrogen) atoms. The number of anilines is 2. The third kappa shape index (κ3) is 6.16. The van der Waals surface area contributed by atoms with Crippen LogP contribution < -0.4 is 10.6 Å². The Balaban J connectivity index is 1.96. The lowest BCUT2D eigenvalue weighted by molar-refractivity contribution is -0.383. The number of ketones is 1. The molecule has 1 aliphatic rings. The van der Waals surface area contributed by atoms with Crippen molar-refractivity contribution in [2.45, 2.75) is 65.3 Å². The van der Waals surface area contributed by atoms with Gasteiger partial charge in [0.05, 0.1) is 22.1 Å². The summed E-state index contributed by atoms with van der Waals surface area (Å²) in [6.45, 7) is 5.46. The minimum atomic E-state index is -0.630. The van der Waals surface area contributed by atoms with Crippen molar-refractivity contribution in [2.24, 2.45) is 10.2 Å². The van der Waals surface area contributed by atoms with Gasteiger partial charge in [0, 0.05) is 24.2 Å². The number of nitrogens with zero attached hydrogens (tertiary/aromatic N) is 3. The summed E-state index contributed by atoms with van der Waals surface area (Å²) >= 11 is 0.922. The first-order chi connectivity index (χ1) is 16.3. The van der Waals surface area contributed by atoms with Gasteiger partial charge in [-0.3, -0.25) is 20.2 Å². The van der Waals surface area contributed by atoms with Crippen molar-refractivity contribution in [3.05, 3.63) is 38.8 Å². The summed E-state index contributed by atoms with van der Waals surface area (Å²) in [7, 11) is 0. The fraction of sp³-hybridized carbons (Fsp3) is 0.478. The number of carbonyl (C=O) groups is 2. The Labute approximate surface area is 202 Å². The molecule has 182 valence electrons. The summed E-state index contributed by atoms with van der Waals surface area (Å²) in [4.78, 5) is 35.3. The predicted octanol–water partition coefficient (Wildman–Crippen LogP) is 7.29. The first-order valence-electron chi connectivity index (χ1n) is 11.4. The quantitative estimate of drug-likeness (QED) is 0.165. The zero-order chi connectivity index (χ0) is 24.7. The van der Waals surface area contributed by atoms with Crippen LogP contribution in [-0.2, 0) is 4.74 Å². The number of carbonyl (C=O) groups excluding carboxylic acids is 2. The number of hydrogen-bond acceptors (Lipinski definition) is 9. The van der Waals surface area contributed by atoms with Crippen LogP contribution in [0.25, 0.3) is 0 Å². The van der Waals surface area contributed by atoms with Crippen molar-refractivity contribution in [3.8, 4) is 0 Å². The lowest BCUT2D eigenvalue weighted by Gasteiger charge is -2.25. The molecule has 0 unspecified atom stereocenters. The average Bonchev–Trinajstić information content (AvgIpc) is 3.26. The van der Waals surface area contributed by atoms with Crippen molar-refractivity contribution >= 4 is 51.0 Å². The lowest BCUT2D eigenvalue weighted by atomic mass is 9.95. The molecule has 1 saturated carbocycles. The Bertz CT molecular complexity index is 1090. The SMILES string of the molecule is CCOC(=O)Nc1c(/N=N/c2sc(C(=O)CC)cc2[N+](=O)[O-])ccc(NC2CCCCC2)c1C. The molecule has 1 fully saturated rings. The molecule has 2 N–H and O–H groups in total. The van der Waals surface area contributed by atoms with E-state index in [9.17, 15) is 19.7 Å². The lowest BCUT2D eigenvalue weighted by Crippen LogP contribution is -2.23. The van der Waals surface area contributed by atoms with Gasteiger partial charge < -0.3 is 10.1 Å². The van der Waals surface area contributed by atoms with Gasteiger partial charge in [0.2, 0.25) is 5.00 Å². The maximum atomic E-state index is 12.2. The normalized spacial score (nSPS) is 14.2. The fourth-order valence-corrected chi connectivity index (χ4v) is 4.77. The summed E-state index contributed by atoms with van der Waals surface area (Å²) in [5, 5.41) is 26.0. The van der Waals surface area contributed by atoms with Crippen LogP contribution in [0.1, 0.15) is 67.6 Å². The second kappa shape index (κ2) is 11.7. The largest absolute Gasteiger partial charge is 0.450 e. The predicted molar refractivity (Wildman–Crippen MR) is 132 cm³/mol. The summed E-state index contributed by atoms with van der Waals surface area (Å²) in [5.74, 6) is -0.201. The molecule has 0 aliphatic heterocycles. The van der Waals surface area contributed by atoms with Crippen LogP contribution in [0, 0.1) is 17.0 Å². The molecule has 0 bridgehead atoms. The molecule has 1 aromatic heterocycles. The Morgan fingerprint density at radius 1 is 1.21 bits per heavy atom. The van der Waals surface area contributed by atoms with Crippen LogP contribution in [0.2, 0.25) is 0 Å². The van der Waals surface area contributed by atoms with Gasteiger partial charge in [-0.05, 0) is 44.4 Å². The summed E-state index contributed by atoms with van der Waals surface area (Å²) in [6.07, 6.45) is 5.38. The van der Waals surface area contributed by atoms with Gasteiger partial charge in [0.1, 0.15) is 5.69 Å². The van der Waals surface area contributed by atoms with Crippen molar-refractivity contribution in [1.82, 2.24) is 0 Å². The molecule has 11 heteroatoms. The highest BCUT2D eigenvalue weighted by atomic mass is 32.1. The van der Waals surface area contributed by atoms with Gasteiger partial charge in [0.15, 0.2) is 5.78 Å². The third-order valence-corrected chi connectivity index (χ3v) is 6.69. The summed E-state index contributed by atoms with van der Waals surface area (Å²) < 4.78 is 5.03. The number of azo groups is 1. The molecule has 1 aliphatic carbocycles. The molecule has 0 saturated heterocycles. The van der Waals surface area contributed by atoms with Crippen LogP contribution in [0.15, 0.2) is 28.4 Å². The molecule has 0 atom stereocenters. The number of nitro groups is 1. The van der Waals surface area contributed by atoms with E-state index in [0.29, 0.717) is 17.4 Å². The van der Waals surface area contributed by atoms with Gasteiger partial charge in [-0.25, -0.2) is 4.79 Å². The first kappa shape index (κ1) is 25.3. The van der Waals surface area contributed by atoms with E-state index >= 15 is 0 Å². The Morgan fingerprint density at radius 3 is 2.59 bits per heavy atom. The van der Waals surface area contributed by atoms with Crippen LogP contribution in [-0.4, -0.2) is 29.4 Å². The van der Waals surface area contributed by atoms with E-state index in [4.69, 9.17) is 4.74 Å². The van der Waals surface area contributed by atoms with Crippen LogP contribution in [0.5, 0.6) is 0 Å². The number of thiophene rings is 1. The number of benzene rings is 1. The van der Waals surface area contributed by atoms with Crippen LogP contribution in [0.3, 0.4) is 0 Å². The molecule has 0 radical (unpaired) electrons. The molecule has 1 aromatic carbocycles. The summed E-state index contributed by atoms with van der Waals surface area (Å²) in [5.41, 5.74) is 2.09. The number of hydrogen-bond donors (Lipinski definition) is 2. The van der Waals surface area contributed by atoms with Gasteiger partial charge in [-0.2, -0.15) is 0 Å². The van der Waals surface area contributed by atoms with E-state index in [0.717, 1.165) is 35.4 Å². The smallest absolute Gasteiger partial charge is 0.411 e. The maximum absolute atomic E-state index is 12.2. The molecule has 10 nitrogen and oxygen atoms in total. The average molecular weight is 488 g/mol. The molecule has 1 amide bonds. The van der Waals surface area contributed by atoms with E-state index in [-0.39, 0.29) is 34.4 Å². The fourth-order valence-electron chi connectivity index (χ4n) is 3.82. The van der Waals surface area contributed by atoms with Crippen LogP contribution in [0.4, 0.5) is 32.5 Å². The van der Waals surface area contributed by atoms with Gasteiger partial charge in [0.25, 0.3) is 0 Å². The van der Waals surface area contributed by atoms with Crippen molar-refractivity contribution in [2.75, 3.05) is 17.2 Å². The zero-order valence-electron chi connectivity index (χ0n) is 19.6. The topological polar surface area (TPSA) is 135 Å². The first-order valence-corrected chi connectivity index (χ1v) is 12.2. The van der Waals surface area contributed by atoms with Crippen molar-refractivity contribution in [1.29, 1.82) is 0 Å². The molecule has 3 rings (SSSR count). The van der Waals surface area contributed by atoms with Gasteiger partial charge >= 0.3 is 11.8 Å². The van der Waals surface area contributed by atoms with Crippen LogP contribution >= 0.6 is 11.3 Å². The monoisotopic (exact) mass is 487 g/mol. The molecular weight excluding hydrogens is 458 g/mol. The van der Waals surface area contributed by atoms with E-state index in [1.165, 1.54) is 25.3 Å². The van der Waals surface area contributed by atoms with E-state index in [1.807, 2.05) is 13.0 Å². The number of amides is 1. The molecular formula is C23H29N5O5S. The number of ether oxygens (including phenoxy) is 1. The summed E-state index contributed by atoms with van der Waals surface area (Å²) in [6, 6.07) is 5.15. The molecule has 1 heterocycles. The van der Waals surface area contributed by atoms with Gasteiger partial charge in [-0.1, -0.05) is 26.2 Å². The second-order valence-electron chi connectivity index (χ2n) is 7.99. The second-order valence-corrected chi connectivity index (χ2v) is 9.02. The number of Topliss-reactive ketones (excluding diaryl/α,β-unsaturated/α-hetero) is 1. The Kier molecular flexibility index (Phi) is 8.69. The highest BCUT2D eigenvalue weighted by molar-refractivity contribution is 7.18. The zero-order valence-corrected chi connectivity index (χ0v) is 20.4. The van der Waals surface area contributed by atoms with Crippen molar-refractivity contribution < 1.29 is 19.2 Å². The number of rotatable bonds is 9. The maximum Gasteiger partial charge on any atom is 0.411 e. The van der Waals surface area contributed by atoms with E-state index in [1.54, 1.807) is 19.9 Å². The highest BCUT2D eigenvalue weighted by Gasteiger charge is 2.23. The van der Waals surface area contributed by atoms with Gasteiger partial charge in [-0.15, -0.1) is 21.6 Å². The standard InChI is InChI=1S/C23H29N5O5S/c1-4-19(29)20-13-18(28(31)32)22(34-20)27-26-17-12-11-16(24-15-9-7-6-8-10-15)14(3)21(17)25-23(30)33-5-2/h11-13,15,24H,4-10H2,1-3H3,(H,25,30)/b27-26+. The number of nitrogens with one attached hydrogen (secondary N) is 2. The molecule has 0 spiro atoms. The van der Waals surface area contributed by atoms with Crippen molar-refractivity contribution in [3.63, 3.8) is 0 Å². The van der Waals surface area contributed by atoms with E-state index < -0.39 is 11.0 Å². The Morgan fingerprint density at radius 2 is 1.94 bits per heavy atom. The molecule has 2 aromatic rings. The Hall–Kier alpha value is -3.34. The highest BCUT2D eigenvalue weighted by Crippen LogP contribution is 2.41. The minimum absolute atomic E-state index is 0.0194. The minimum Gasteiger partial charge on any atom is -0.450 e. The van der Waals surface area contributed by atoms with E-state index in [2.05, 4.69) is 20.9 Å². The third-order valence-electron chi connectivity index (χ3n) is 5.65.